The third kappa shape index (κ3) is 5.46. The lowest BCUT2D eigenvalue weighted by Gasteiger charge is -2.03. The highest BCUT2D eigenvalue weighted by Gasteiger charge is 2.06. The number of carbonyl (C=O) groups is 2. The van der Waals surface area contributed by atoms with Crippen molar-refractivity contribution in [2.24, 2.45) is 0 Å². The van der Waals surface area contributed by atoms with Gasteiger partial charge in [-0.1, -0.05) is 0 Å². The van der Waals surface area contributed by atoms with E-state index in [1.807, 2.05) is 22.6 Å². The molecule has 2 rings (SSSR count). The minimum atomic E-state index is -0.616. The van der Waals surface area contributed by atoms with Crippen LogP contribution in [0.3, 0.4) is 0 Å². The number of nitrogens with one attached hydrogen (secondary N) is 1. The van der Waals surface area contributed by atoms with Gasteiger partial charge in [0.1, 0.15) is 11.5 Å². The van der Waals surface area contributed by atoms with Crippen LogP contribution in [0.15, 0.2) is 45.4 Å². The first-order valence-corrected chi connectivity index (χ1v) is 7.10. The number of hydrogen-bond donors (Lipinski definition) is 1. The minimum Gasteiger partial charge on any atom is -0.467 e. The van der Waals surface area contributed by atoms with Crippen molar-refractivity contribution in [3.05, 3.63) is 51.9 Å². The van der Waals surface area contributed by atoms with Gasteiger partial charge in [0.2, 0.25) is 0 Å². The first-order valence-electron chi connectivity index (χ1n) is 6.03. The number of halogens is 1. The summed E-state index contributed by atoms with van der Waals surface area (Å²) in [7, 11) is 0. The van der Waals surface area contributed by atoms with Crippen LogP contribution in [0.5, 0.6) is 0 Å². The SMILES string of the molecule is O=C(COC(=O)C=Cc1ccc(I)o1)NCc1ccco1. The molecule has 1 amide bonds. The topological polar surface area (TPSA) is 81.7 Å². The fraction of sp³-hybridized carbons (Fsp3) is 0.143. The number of ether oxygens (including phenoxy) is 1. The van der Waals surface area contributed by atoms with Crippen molar-refractivity contribution in [1.82, 2.24) is 5.32 Å². The fourth-order valence-corrected chi connectivity index (χ4v) is 1.84. The van der Waals surface area contributed by atoms with Gasteiger partial charge in [-0.15, -0.1) is 0 Å². The van der Waals surface area contributed by atoms with E-state index in [1.54, 1.807) is 24.3 Å². The van der Waals surface area contributed by atoms with Crippen LogP contribution < -0.4 is 5.32 Å². The zero-order valence-corrected chi connectivity index (χ0v) is 13.0. The van der Waals surface area contributed by atoms with E-state index in [9.17, 15) is 9.59 Å². The van der Waals surface area contributed by atoms with Crippen molar-refractivity contribution in [3.8, 4) is 0 Å². The summed E-state index contributed by atoms with van der Waals surface area (Å²) in [6.07, 6.45) is 4.20. The maximum absolute atomic E-state index is 11.4. The van der Waals surface area contributed by atoms with Gasteiger partial charge < -0.3 is 18.9 Å². The molecule has 0 aliphatic heterocycles. The molecule has 21 heavy (non-hydrogen) atoms. The first-order chi connectivity index (χ1) is 10.1. The van der Waals surface area contributed by atoms with Crippen LogP contribution in [-0.2, 0) is 20.9 Å². The zero-order valence-electron chi connectivity index (χ0n) is 10.9. The molecule has 0 spiro atoms. The molecule has 0 unspecified atom stereocenters. The second-order valence-electron chi connectivity index (χ2n) is 3.94. The van der Waals surface area contributed by atoms with Crippen molar-refractivity contribution in [2.75, 3.05) is 6.61 Å². The Morgan fingerprint density at radius 1 is 1.33 bits per heavy atom. The summed E-state index contributed by atoms with van der Waals surface area (Å²) in [5, 5.41) is 2.56. The third-order valence-electron chi connectivity index (χ3n) is 2.36. The third-order valence-corrected chi connectivity index (χ3v) is 2.94. The minimum absolute atomic E-state index is 0.254. The maximum Gasteiger partial charge on any atom is 0.331 e. The molecular weight excluding hydrogens is 389 g/mol. The quantitative estimate of drug-likeness (QED) is 0.457. The molecule has 0 atom stereocenters. The van der Waals surface area contributed by atoms with E-state index in [2.05, 4.69) is 5.32 Å². The molecule has 0 saturated carbocycles. The molecule has 0 aliphatic carbocycles. The van der Waals surface area contributed by atoms with E-state index in [4.69, 9.17) is 13.6 Å². The Morgan fingerprint density at radius 2 is 2.19 bits per heavy atom. The van der Waals surface area contributed by atoms with Crippen LogP contribution in [0.1, 0.15) is 11.5 Å². The normalized spacial score (nSPS) is 10.7. The molecule has 2 heterocycles. The van der Waals surface area contributed by atoms with Gasteiger partial charge in [-0.25, -0.2) is 4.79 Å². The Hall–Kier alpha value is -2.03. The van der Waals surface area contributed by atoms with Gasteiger partial charge in [0.05, 0.1) is 12.8 Å². The lowest BCUT2D eigenvalue weighted by molar-refractivity contribution is -0.143. The predicted molar refractivity (Wildman–Crippen MR) is 82.0 cm³/mol. The Morgan fingerprint density at radius 3 is 2.86 bits per heavy atom. The van der Waals surface area contributed by atoms with Gasteiger partial charge in [-0.3, -0.25) is 4.79 Å². The second-order valence-corrected chi connectivity index (χ2v) is 5.00. The van der Waals surface area contributed by atoms with E-state index in [0.717, 1.165) is 3.77 Å². The van der Waals surface area contributed by atoms with Crippen LogP contribution in [0, 0.1) is 3.77 Å². The first kappa shape index (κ1) is 15.4. The summed E-state index contributed by atoms with van der Waals surface area (Å²) >= 11 is 2.02. The zero-order chi connectivity index (χ0) is 15.1. The van der Waals surface area contributed by atoms with E-state index >= 15 is 0 Å². The summed E-state index contributed by atoms with van der Waals surface area (Å²) in [6, 6.07) is 6.96. The van der Waals surface area contributed by atoms with Gasteiger partial charge in [0.25, 0.3) is 5.91 Å². The van der Waals surface area contributed by atoms with Crippen molar-refractivity contribution < 1.29 is 23.2 Å². The average molecular weight is 401 g/mol. The molecule has 0 aromatic carbocycles. The lowest BCUT2D eigenvalue weighted by Crippen LogP contribution is -2.27. The molecule has 2 aromatic heterocycles. The van der Waals surface area contributed by atoms with Gasteiger partial charge in [-0.05, 0) is 52.9 Å². The summed E-state index contributed by atoms with van der Waals surface area (Å²) in [4.78, 5) is 22.9. The smallest absolute Gasteiger partial charge is 0.331 e. The Kier molecular flexibility index (Phi) is 5.61. The summed E-state index contributed by atoms with van der Waals surface area (Å²) in [6.45, 7) is -0.0936. The van der Waals surface area contributed by atoms with Gasteiger partial charge in [-0.2, -0.15) is 0 Å². The highest BCUT2D eigenvalue weighted by molar-refractivity contribution is 14.1. The summed E-state index contributed by atoms with van der Waals surface area (Å²) in [5.74, 6) is 0.149. The molecule has 7 heteroatoms. The number of carbonyl (C=O) groups excluding carboxylic acids is 2. The average Bonchev–Trinajstić information content (AvgIpc) is 3.12. The number of furan rings is 2. The summed E-state index contributed by atoms with van der Waals surface area (Å²) in [5.41, 5.74) is 0. The second kappa shape index (κ2) is 7.67. The Bertz CT molecular complexity index is 630. The highest BCUT2D eigenvalue weighted by Crippen LogP contribution is 2.11. The van der Waals surface area contributed by atoms with E-state index < -0.39 is 11.9 Å². The van der Waals surface area contributed by atoms with Crippen LogP contribution >= 0.6 is 22.6 Å². The van der Waals surface area contributed by atoms with Crippen molar-refractivity contribution in [2.45, 2.75) is 6.54 Å². The molecule has 2 aromatic rings. The monoisotopic (exact) mass is 401 g/mol. The van der Waals surface area contributed by atoms with Gasteiger partial charge in [0.15, 0.2) is 10.4 Å². The van der Waals surface area contributed by atoms with Crippen molar-refractivity contribution in [3.63, 3.8) is 0 Å². The maximum atomic E-state index is 11.4. The van der Waals surface area contributed by atoms with E-state index in [0.29, 0.717) is 11.5 Å². The Balaban J connectivity index is 1.68. The van der Waals surface area contributed by atoms with Crippen LogP contribution in [0.25, 0.3) is 6.08 Å². The number of hydrogen-bond acceptors (Lipinski definition) is 5. The standard InChI is InChI=1S/C14H12INO5/c15-12-5-3-10(21-12)4-6-14(18)20-9-13(17)16-8-11-2-1-7-19-11/h1-7H,8-9H2,(H,16,17). The molecule has 6 nitrogen and oxygen atoms in total. The van der Waals surface area contributed by atoms with Crippen LogP contribution in [-0.4, -0.2) is 18.5 Å². The number of amides is 1. The van der Waals surface area contributed by atoms with Gasteiger partial charge >= 0.3 is 5.97 Å². The van der Waals surface area contributed by atoms with E-state index in [-0.39, 0.29) is 13.2 Å². The molecule has 0 radical (unpaired) electrons. The largest absolute Gasteiger partial charge is 0.467 e. The number of esters is 1. The van der Waals surface area contributed by atoms with Crippen molar-refractivity contribution >= 4 is 40.5 Å². The molecular formula is C14H12INO5. The van der Waals surface area contributed by atoms with Crippen LogP contribution in [0.4, 0.5) is 0 Å². The molecule has 0 aliphatic rings. The predicted octanol–water partition coefficient (Wildman–Crippen LogP) is 2.35. The molecule has 0 saturated heterocycles. The molecule has 0 bridgehead atoms. The van der Waals surface area contributed by atoms with Gasteiger partial charge in [0, 0.05) is 6.08 Å². The Labute approximate surface area is 134 Å². The molecule has 0 fully saturated rings. The number of rotatable bonds is 6. The lowest BCUT2D eigenvalue weighted by atomic mass is 10.4. The molecule has 1 N–H and O–H groups in total. The highest BCUT2D eigenvalue weighted by atomic mass is 127. The fourth-order valence-electron chi connectivity index (χ4n) is 1.40. The van der Waals surface area contributed by atoms with E-state index in [1.165, 1.54) is 18.4 Å². The van der Waals surface area contributed by atoms with Crippen molar-refractivity contribution in [1.29, 1.82) is 0 Å². The molecule has 110 valence electrons. The summed E-state index contributed by atoms with van der Waals surface area (Å²) < 4.78 is 15.8. The van der Waals surface area contributed by atoms with Crippen LogP contribution in [0.2, 0.25) is 0 Å².